The van der Waals surface area contributed by atoms with Crippen LogP contribution in [0.5, 0.6) is 0 Å². The summed E-state index contributed by atoms with van der Waals surface area (Å²) in [7, 11) is 1.93. The molecule has 1 aromatic heterocycles. The zero-order chi connectivity index (χ0) is 12.5. The van der Waals surface area contributed by atoms with E-state index >= 15 is 0 Å². The minimum Gasteiger partial charge on any atom is -0.388 e. The molecule has 3 rings (SSSR count). The molecule has 1 heterocycles. The molecular formula is C14H17N3O. The molecule has 1 aliphatic rings. The normalized spacial score (nSPS) is 18.7. The lowest BCUT2D eigenvalue weighted by Crippen LogP contribution is -2.16. The minimum atomic E-state index is -0.0488. The number of aliphatic hydroxyl groups is 1. The van der Waals surface area contributed by atoms with Gasteiger partial charge in [0.05, 0.1) is 0 Å². The third kappa shape index (κ3) is 1.82. The lowest BCUT2D eigenvalue weighted by atomic mass is 9.83. The van der Waals surface area contributed by atoms with Crippen molar-refractivity contribution in [3.05, 3.63) is 47.0 Å². The third-order valence-corrected chi connectivity index (χ3v) is 3.85. The molecule has 0 amide bonds. The molecule has 1 atom stereocenters. The van der Waals surface area contributed by atoms with Gasteiger partial charge in [-0.3, -0.25) is 0 Å². The highest BCUT2D eigenvalue weighted by molar-refractivity contribution is 5.31. The maximum absolute atomic E-state index is 9.16. The quantitative estimate of drug-likeness (QED) is 0.871. The first-order valence-electron chi connectivity index (χ1n) is 6.35. The Kier molecular flexibility index (Phi) is 2.88. The first-order chi connectivity index (χ1) is 8.79. The lowest BCUT2D eigenvalue weighted by Gasteiger charge is -2.23. The van der Waals surface area contributed by atoms with E-state index in [2.05, 4.69) is 34.5 Å². The van der Waals surface area contributed by atoms with E-state index in [1.54, 1.807) is 0 Å². The number of fused-ring (bicyclic) bond motifs is 1. The van der Waals surface area contributed by atoms with Gasteiger partial charge in [-0.05, 0) is 30.4 Å². The van der Waals surface area contributed by atoms with Gasteiger partial charge in [0.2, 0.25) is 0 Å². The molecule has 1 aliphatic carbocycles. The zero-order valence-corrected chi connectivity index (χ0v) is 10.5. The van der Waals surface area contributed by atoms with E-state index in [1.165, 1.54) is 11.1 Å². The second kappa shape index (κ2) is 4.53. The van der Waals surface area contributed by atoms with Gasteiger partial charge in [0, 0.05) is 13.0 Å². The summed E-state index contributed by atoms with van der Waals surface area (Å²) in [5.41, 5.74) is 2.88. The van der Waals surface area contributed by atoms with Gasteiger partial charge in [-0.25, -0.2) is 0 Å². The van der Waals surface area contributed by atoms with Crippen LogP contribution in [0.3, 0.4) is 0 Å². The van der Waals surface area contributed by atoms with Crippen molar-refractivity contribution in [1.82, 2.24) is 14.8 Å². The van der Waals surface area contributed by atoms with Gasteiger partial charge in [-0.1, -0.05) is 24.3 Å². The summed E-state index contributed by atoms with van der Waals surface area (Å²) in [5.74, 6) is 2.05. The molecule has 0 aliphatic heterocycles. The summed E-state index contributed by atoms with van der Waals surface area (Å²) in [5, 5.41) is 17.4. The van der Waals surface area contributed by atoms with Crippen LogP contribution < -0.4 is 0 Å². The van der Waals surface area contributed by atoms with E-state index in [0.29, 0.717) is 11.7 Å². The molecule has 1 aromatic carbocycles. The monoisotopic (exact) mass is 243 g/mol. The molecule has 0 fully saturated rings. The highest BCUT2D eigenvalue weighted by Crippen LogP contribution is 2.31. The molecule has 4 nitrogen and oxygen atoms in total. The van der Waals surface area contributed by atoms with Gasteiger partial charge >= 0.3 is 0 Å². The molecule has 94 valence electrons. The largest absolute Gasteiger partial charge is 0.388 e. The summed E-state index contributed by atoms with van der Waals surface area (Å²) >= 11 is 0. The SMILES string of the molecule is Cn1c(CO)nnc1C1CCc2ccccc2C1. The zero-order valence-electron chi connectivity index (χ0n) is 10.5. The molecule has 0 saturated carbocycles. The van der Waals surface area contributed by atoms with Gasteiger partial charge in [0.1, 0.15) is 12.4 Å². The van der Waals surface area contributed by atoms with Gasteiger partial charge in [0.25, 0.3) is 0 Å². The van der Waals surface area contributed by atoms with Crippen LogP contribution >= 0.6 is 0 Å². The third-order valence-electron chi connectivity index (χ3n) is 3.85. The first kappa shape index (κ1) is 11.4. The van der Waals surface area contributed by atoms with E-state index in [0.717, 1.165) is 25.1 Å². The Morgan fingerprint density at radius 1 is 1.28 bits per heavy atom. The summed E-state index contributed by atoms with van der Waals surface area (Å²) in [4.78, 5) is 0. The van der Waals surface area contributed by atoms with Gasteiger partial charge < -0.3 is 9.67 Å². The molecule has 2 aromatic rings. The van der Waals surface area contributed by atoms with Crippen LogP contribution in [0.25, 0.3) is 0 Å². The van der Waals surface area contributed by atoms with Crippen LogP contribution in [0.4, 0.5) is 0 Å². The maximum Gasteiger partial charge on any atom is 0.158 e. The molecule has 1 N–H and O–H groups in total. The number of aryl methyl sites for hydroxylation is 1. The van der Waals surface area contributed by atoms with Crippen LogP contribution in [-0.4, -0.2) is 19.9 Å². The molecule has 18 heavy (non-hydrogen) atoms. The van der Waals surface area contributed by atoms with Crippen LogP contribution in [0, 0.1) is 0 Å². The first-order valence-corrected chi connectivity index (χ1v) is 6.35. The Bertz CT molecular complexity index is 562. The topological polar surface area (TPSA) is 50.9 Å². The van der Waals surface area contributed by atoms with Crippen molar-refractivity contribution in [2.24, 2.45) is 7.05 Å². The number of hydrogen-bond acceptors (Lipinski definition) is 3. The Labute approximate surface area is 106 Å². The smallest absolute Gasteiger partial charge is 0.158 e. The highest BCUT2D eigenvalue weighted by atomic mass is 16.3. The Hall–Kier alpha value is -1.68. The Morgan fingerprint density at radius 2 is 2.06 bits per heavy atom. The predicted molar refractivity (Wildman–Crippen MR) is 68.1 cm³/mol. The molecule has 0 saturated heterocycles. The number of hydrogen-bond donors (Lipinski definition) is 1. The van der Waals surface area contributed by atoms with Crippen LogP contribution in [0.15, 0.2) is 24.3 Å². The summed E-state index contributed by atoms with van der Waals surface area (Å²) < 4.78 is 1.93. The number of aliphatic hydroxyl groups excluding tert-OH is 1. The molecule has 0 spiro atoms. The number of nitrogens with zero attached hydrogens (tertiary/aromatic N) is 3. The van der Waals surface area contributed by atoms with Crippen LogP contribution in [0.2, 0.25) is 0 Å². The fraction of sp³-hybridized carbons (Fsp3) is 0.429. The molecule has 4 heteroatoms. The molecule has 1 unspecified atom stereocenters. The van der Waals surface area contributed by atoms with Crippen molar-refractivity contribution >= 4 is 0 Å². The minimum absolute atomic E-state index is 0.0488. The summed E-state index contributed by atoms with van der Waals surface area (Å²) in [6.45, 7) is -0.0488. The Morgan fingerprint density at radius 3 is 2.78 bits per heavy atom. The lowest BCUT2D eigenvalue weighted by molar-refractivity contribution is 0.266. The van der Waals surface area contributed by atoms with Gasteiger partial charge in [-0.15, -0.1) is 10.2 Å². The van der Waals surface area contributed by atoms with Crippen molar-refractivity contribution in [3.8, 4) is 0 Å². The average molecular weight is 243 g/mol. The number of benzene rings is 1. The van der Waals surface area contributed by atoms with E-state index in [-0.39, 0.29) is 6.61 Å². The second-order valence-corrected chi connectivity index (χ2v) is 4.90. The van der Waals surface area contributed by atoms with Crippen molar-refractivity contribution in [2.45, 2.75) is 31.8 Å². The second-order valence-electron chi connectivity index (χ2n) is 4.90. The van der Waals surface area contributed by atoms with Crippen molar-refractivity contribution in [2.75, 3.05) is 0 Å². The molecule has 0 radical (unpaired) electrons. The summed E-state index contributed by atoms with van der Waals surface area (Å²) in [6, 6.07) is 8.61. The van der Waals surface area contributed by atoms with Crippen LogP contribution in [0.1, 0.15) is 35.1 Å². The van der Waals surface area contributed by atoms with Crippen molar-refractivity contribution in [1.29, 1.82) is 0 Å². The molecular weight excluding hydrogens is 226 g/mol. The van der Waals surface area contributed by atoms with E-state index in [1.807, 2.05) is 11.6 Å². The van der Waals surface area contributed by atoms with E-state index in [9.17, 15) is 0 Å². The van der Waals surface area contributed by atoms with Crippen molar-refractivity contribution < 1.29 is 5.11 Å². The van der Waals surface area contributed by atoms with Crippen molar-refractivity contribution in [3.63, 3.8) is 0 Å². The van der Waals surface area contributed by atoms with Crippen LogP contribution in [-0.2, 0) is 26.5 Å². The average Bonchev–Trinajstić information content (AvgIpc) is 2.79. The maximum atomic E-state index is 9.16. The Balaban J connectivity index is 1.89. The summed E-state index contributed by atoms with van der Waals surface area (Å²) in [6.07, 6.45) is 3.23. The fourth-order valence-corrected chi connectivity index (χ4v) is 2.79. The van der Waals surface area contributed by atoms with E-state index < -0.39 is 0 Å². The predicted octanol–water partition coefficient (Wildman–Crippen LogP) is 1.58. The number of rotatable bonds is 2. The molecule has 0 bridgehead atoms. The highest BCUT2D eigenvalue weighted by Gasteiger charge is 2.24. The fourth-order valence-electron chi connectivity index (χ4n) is 2.79. The van der Waals surface area contributed by atoms with E-state index in [4.69, 9.17) is 5.11 Å². The standard InChI is InChI=1S/C14H17N3O/c1-17-13(9-18)15-16-14(17)12-7-6-10-4-2-3-5-11(10)8-12/h2-5,12,18H,6-9H2,1H3. The number of aromatic nitrogens is 3. The van der Waals surface area contributed by atoms with Gasteiger partial charge in [-0.2, -0.15) is 0 Å². The van der Waals surface area contributed by atoms with Gasteiger partial charge in [0.15, 0.2) is 5.82 Å².